The van der Waals surface area contributed by atoms with Gasteiger partial charge in [0.25, 0.3) is 0 Å². The van der Waals surface area contributed by atoms with Crippen molar-refractivity contribution in [3.8, 4) is 0 Å². The van der Waals surface area contributed by atoms with Crippen molar-refractivity contribution in [1.29, 1.82) is 0 Å². The van der Waals surface area contributed by atoms with Crippen LogP contribution in [0.3, 0.4) is 0 Å². The van der Waals surface area contributed by atoms with Gasteiger partial charge < -0.3 is 4.42 Å². The SMILES string of the molecule is Fc1c(Br)cc(Cl)c2c1oc1cc3ccccc3cc12. The molecule has 0 unspecified atom stereocenters. The summed E-state index contributed by atoms with van der Waals surface area (Å²) < 4.78 is 20.1. The largest absolute Gasteiger partial charge is 0.453 e. The van der Waals surface area contributed by atoms with Crippen LogP contribution in [0.25, 0.3) is 32.7 Å². The van der Waals surface area contributed by atoms with Crippen molar-refractivity contribution in [1.82, 2.24) is 0 Å². The van der Waals surface area contributed by atoms with Crippen molar-refractivity contribution in [3.05, 3.63) is 57.8 Å². The molecule has 4 rings (SSSR count). The molecule has 0 bridgehead atoms. The molecule has 1 heterocycles. The molecule has 0 amide bonds. The smallest absolute Gasteiger partial charge is 0.180 e. The van der Waals surface area contributed by atoms with Crippen LogP contribution >= 0.6 is 27.5 Å². The van der Waals surface area contributed by atoms with E-state index in [1.54, 1.807) is 6.07 Å². The fraction of sp³-hybridized carbons (Fsp3) is 0. The van der Waals surface area contributed by atoms with Crippen molar-refractivity contribution in [2.45, 2.75) is 0 Å². The average molecular weight is 350 g/mol. The lowest BCUT2D eigenvalue weighted by molar-refractivity contribution is 0.580. The Hall–Kier alpha value is -1.58. The number of hydrogen-bond acceptors (Lipinski definition) is 1. The molecule has 0 N–H and O–H groups in total. The minimum absolute atomic E-state index is 0.190. The summed E-state index contributed by atoms with van der Waals surface area (Å²) in [5.41, 5.74) is 0.826. The first kappa shape index (κ1) is 12.2. The van der Waals surface area contributed by atoms with E-state index in [4.69, 9.17) is 16.0 Å². The zero-order valence-electron chi connectivity index (χ0n) is 10.1. The van der Waals surface area contributed by atoms with Gasteiger partial charge in [0, 0.05) is 10.8 Å². The predicted octanol–water partition coefficient (Wildman–Crippen LogP) is 6.29. The maximum absolute atomic E-state index is 14.2. The molecule has 0 saturated carbocycles. The molecule has 3 aromatic carbocycles. The van der Waals surface area contributed by atoms with Gasteiger partial charge in [-0.2, -0.15) is 0 Å². The third-order valence-electron chi connectivity index (χ3n) is 3.46. The number of furan rings is 1. The van der Waals surface area contributed by atoms with Crippen LogP contribution < -0.4 is 0 Å². The molecule has 4 aromatic rings. The van der Waals surface area contributed by atoms with E-state index in [2.05, 4.69) is 15.9 Å². The Kier molecular flexibility index (Phi) is 2.56. The van der Waals surface area contributed by atoms with Crippen molar-refractivity contribution >= 4 is 60.2 Å². The summed E-state index contributed by atoms with van der Waals surface area (Å²) in [5, 5.41) is 4.04. The number of fused-ring (bicyclic) bond motifs is 4. The second kappa shape index (κ2) is 4.21. The molecule has 0 aliphatic heterocycles. The van der Waals surface area contributed by atoms with Gasteiger partial charge in [-0.3, -0.25) is 0 Å². The van der Waals surface area contributed by atoms with Gasteiger partial charge in [-0.05, 0) is 44.9 Å². The first-order chi connectivity index (χ1) is 9.65. The van der Waals surface area contributed by atoms with Gasteiger partial charge in [-0.25, -0.2) is 4.39 Å². The second-order valence-electron chi connectivity index (χ2n) is 4.66. The quantitative estimate of drug-likeness (QED) is 0.340. The molecule has 1 nitrogen and oxygen atoms in total. The van der Waals surface area contributed by atoms with Gasteiger partial charge in [0.1, 0.15) is 5.58 Å². The maximum atomic E-state index is 14.2. The van der Waals surface area contributed by atoms with E-state index in [9.17, 15) is 4.39 Å². The number of halogens is 3. The van der Waals surface area contributed by atoms with E-state index >= 15 is 0 Å². The molecule has 0 fully saturated rings. The topological polar surface area (TPSA) is 13.1 Å². The van der Waals surface area contributed by atoms with Crippen LogP contribution in [0.2, 0.25) is 5.02 Å². The van der Waals surface area contributed by atoms with E-state index < -0.39 is 5.82 Å². The fourth-order valence-corrected chi connectivity index (χ4v) is 3.37. The summed E-state index contributed by atoms with van der Waals surface area (Å²) in [5.74, 6) is -0.426. The number of hydrogen-bond donors (Lipinski definition) is 0. The molecule has 0 spiro atoms. The van der Waals surface area contributed by atoms with Gasteiger partial charge in [0.2, 0.25) is 0 Å². The van der Waals surface area contributed by atoms with Gasteiger partial charge in [-0.1, -0.05) is 35.9 Å². The third kappa shape index (κ3) is 1.60. The molecule has 0 radical (unpaired) electrons. The maximum Gasteiger partial charge on any atom is 0.180 e. The minimum atomic E-state index is -0.426. The van der Waals surface area contributed by atoms with Gasteiger partial charge in [0.15, 0.2) is 11.4 Å². The zero-order valence-corrected chi connectivity index (χ0v) is 12.4. The Labute approximate surface area is 127 Å². The third-order valence-corrected chi connectivity index (χ3v) is 4.33. The van der Waals surface area contributed by atoms with E-state index in [1.807, 2.05) is 36.4 Å². The van der Waals surface area contributed by atoms with Crippen LogP contribution in [0, 0.1) is 5.82 Å². The molecular formula is C16H7BrClFO. The van der Waals surface area contributed by atoms with Crippen LogP contribution in [0.5, 0.6) is 0 Å². The Morgan fingerprint density at radius 1 is 1.05 bits per heavy atom. The van der Waals surface area contributed by atoms with E-state index in [0.717, 1.165) is 16.2 Å². The van der Waals surface area contributed by atoms with Crippen molar-refractivity contribution in [2.24, 2.45) is 0 Å². The highest BCUT2D eigenvalue weighted by Crippen LogP contribution is 2.39. The molecular weight excluding hydrogens is 343 g/mol. The Balaban J connectivity index is 2.28. The Morgan fingerprint density at radius 2 is 1.75 bits per heavy atom. The van der Waals surface area contributed by atoms with Crippen molar-refractivity contribution < 1.29 is 8.81 Å². The molecule has 98 valence electrons. The highest BCUT2D eigenvalue weighted by molar-refractivity contribution is 9.10. The molecule has 0 atom stereocenters. The summed E-state index contributed by atoms with van der Waals surface area (Å²) >= 11 is 9.40. The van der Waals surface area contributed by atoms with Crippen LogP contribution in [-0.2, 0) is 0 Å². The monoisotopic (exact) mass is 348 g/mol. The standard InChI is InChI=1S/C16H7BrClFO/c17-11-7-12(18)14-10-5-8-3-1-2-4-9(8)6-13(10)20-16(14)15(11)19/h1-7H. The van der Waals surface area contributed by atoms with E-state index in [0.29, 0.717) is 20.5 Å². The lowest BCUT2D eigenvalue weighted by atomic mass is 10.1. The normalized spacial score (nSPS) is 11.8. The summed E-state index contributed by atoms with van der Waals surface area (Å²) in [6, 6.07) is 13.4. The lowest BCUT2D eigenvalue weighted by Crippen LogP contribution is -1.79. The van der Waals surface area contributed by atoms with Crippen molar-refractivity contribution in [3.63, 3.8) is 0 Å². The summed E-state index contributed by atoms with van der Waals surface area (Å²) in [6.07, 6.45) is 0. The molecule has 0 saturated heterocycles. The molecule has 20 heavy (non-hydrogen) atoms. The predicted molar refractivity (Wildman–Crippen MR) is 83.9 cm³/mol. The first-order valence-corrected chi connectivity index (χ1v) is 7.21. The molecule has 4 heteroatoms. The Bertz CT molecular complexity index is 990. The first-order valence-electron chi connectivity index (χ1n) is 6.03. The highest BCUT2D eigenvalue weighted by atomic mass is 79.9. The second-order valence-corrected chi connectivity index (χ2v) is 5.92. The zero-order chi connectivity index (χ0) is 13.9. The summed E-state index contributed by atoms with van der Waals surface area (Å²) in [7, 11) is 0. The molecule has 0 aliphatic rings. The molecule has 0 aliphatic carbocycles. The van der Waals surface area contributed by atoms with Crippen LogP contribution in [0.4, 0.5) is 4.39 Å². The van der Waals surface area contributed by atoms with Gasteiger partial charge in [0.05, 0.1) is 9.50 Å². The van der Waals surface area contributed by atoms with Crippen molar-refractivity contribution in [2.75, 3.05) is 0 Å². The number of benzene rings is 3. The highest BCUT2D eigenvalue weighted by Gasteiger charge is 2.17. The Morgan fingerprint density at radius 3 is 2.50 bits per heavy atom. The van der Waals surface area contributed by atoms with E-state index in [-0.39, 0.29) is 5.58 Å². The van der Waals surface area contributed by atoms with Gasteiger partial charge in [-0.15, -0.1) is 0 Å². The fourth-order valence-electron chi connectivity index (χ4n) is 2.53. The van der Waals surface area contributed by atoms with Crippen LogP contribution in [0.1, 0.15) is 0 Å². The van der Waals surface area contributed by atoms with Gasteiger partial charge >= 0.3 is 0 Å². The minimum Gasteiger partial charge on any atom is -0.453 e. The average Bonchev–Trinajstić information content (AvgIpc) is 2.81. The van der Waals surface area contributed by atoms with Crippen LogP contribution in [-0.4, -0.2) is 0 Å². The van der Waals surface area contributed by atoms with E-state index in [1.165, 1.54) is 0 Å². The lowest BCUT2D eigenvalue weighted by Gasteiger charge is -1.99. The number of rotatable bonds is 0. The van der Waals surface area contributed by atoms with Crippen LogP contribution in [0.15, 0.2) is 51.4 Å². The summed E-state index contributed by atoms with van der Waals surface area (Å²) in [6.45, 7) is 0. The molecule has 1 aromatic heterocycles. The summed E-state index contributed by atoms with van der Waals surface area (Å²) in [4.78, 5) is 0.